The number of anilines is 3. The summed E-state index contributed by atoms with van der Waals surface area (Å²) in [6.45, 7) is 3.73. The third-order valence-corrected chi connectivity index (χ3v) is 3.32. The summed E-state index contributed by atoms with van der Waals surface area (Å²) in [4.78, 5) is 24.2. The lowest BCUT2D eigenvalue weighted by Gasteiger charge is -2.13. The Hall–Kier alpha value is -3.08. The average molecular weight is 323 g/mol. The molecule has 0 aliphatic rings. The number of carbonyl (C=O) groups is 2. The molecule has 2 rings (SSSR count). The summed E-state index contributed by atoms with van der Waals surface area (Å²) in [7, 11) is 0. The van der Waals surface area contributed by atoms with Gasteiger partial charge in [-0.05, 0) is 37.6 Å². The highest BCUT2D eigenvalue weighted by atomic mass is 16.2. The minimum Gasteiger partial charge on any atom is -0.320 e. The fourth-order valence-electron chi connectivity index (χ4n) is 2.13. The van der Waals surface area contributed by atoms with Crippen LogP contribution in [0.1, 0.15) is 20.3 Å². The summed E-state index contributed by atoms with van der Waals surface area (Å²) < 4.78 is 0. The molecule has 0 aliphatic heterocycles. The topological polar surface area (TPSA) is 70.2 Å². The van der Waals surface area contributed by atoms with Gasteiger partial charge in [-0.15, -0.1) is 0 Å². The van der Waals surface area contributed by atoms with E-state index in [9.17, 15) is 9.59 Å². The molecule has 5 nitrogen and oxygen atoms in total. The van der Waals surface area contributed by atoms with Gasteiger partial charge in [0, 0.05) is 11.3 Å². The molecule has 0 atom stereocenters. The van der Waals surface area contributed by atoms with Crippen molar-refractivity contribution in [3.63, 3.8) is 0 Å². The van der Waals surface area contributed by atoms with Gasteiger partial charge in [0.05, 0.1) is 11.4 Å². The molecule has 2 aromatic rings. The van der Waals surface area contributed by atoms with E-state index in [0.717, 1.165) is 6.42 Å². The van der Waals surface area contributed by atoms with Crippen LogP contribution in [-0.4, -0.2) is 11.9 Å². The van der Waals surface area contributed by atoms with Crippen LogP contribution < -0.4 is 16.0 Å². The maximum absolute atomic E-state index is 12.1. The molecule has 0 aliphatic carbocycles. The molecule has 0 heterocycles. The molecule has 3 amide bonds. The number of hydrogen-bond donors (Lipinski definition) is 3. The largest absolute Gasteiger partial charge is 0.323 e. The summed E-state index contributed by atoms with van der Waals surface area (Å²) >= 11 is 0. The maximum Gasteiger partial charge on any atom is 0.323 e. The Bertz CT molecular complexity index is 739. The molecule has 124 valence electrons. The molecule has 0 saturated carbocycles. The number of amides is 3. The minimum absolute atomic E-state index is 0.186. The van der Waals surface area contributed by atoms with Crippen molar-refractivity contribution in [3.8, 4) is 0 Å². The Labute approximate surface area is 141 Å². The van der Waals surface area contributed by atoms with Crippen molar-refractivity contribution >= 4 is 29.0 Å². The zero-order chi connectivity index (χ0) is 17.4. The second kappa shape index (κ2) is 8.53. The molecule has 0 bridgehead atoms. The van der Waals surface area contributed by atoms with Crippen molar-refractivity contribution in [2.75, 3.05) is 16.0 Å². The fraction of sp³-hybridized carbons (Fsp3) is 0.158. The number of urea groups is 1. The van der Waals surface area contributed by atoms with Gasteiger partial charge in [-0.2, -0.15) is 0 Å². The number of hydrogen-bond acceptors (Lipinski definition) is 2. The zero-order valence-corrected chi connectivity index (χ0v) is 13.8. The van der Waals surface area contributed by atoms with Gasteiger partial charge in [0.2, 0.25) is 0 Å². The molecule has 0 fully saturated rings. The average Bonchev–Trinajstić information content (AvgIpc) is 2.57. The standard InChI is InChI=1S/C19H21N3O2/c1-3-9-14(2)18(23)21-16-12-7-8-13-17(16)22-19(24)20-15-10-5-4-6-11-15/h4-13H,3H2,1-2H3,(H,21,23)(H2,20,22,24)/b14-9+. The van der Waals surface area contributed by atoms with E-state index in [-0.39, 0.29) is 11.9 Å². The third kappa shape index (κ3) is 4.98. The van der Waals surface area contributed by atoms with E-state index in [1.807, 2.05) is 31.2 Å². The van der Waals surface area contributed by atoms with Gasteiger partial charge < -0.3 is 16.0 Å². The van der Waals surface area contributed by atoms with Crippen LogP contribution >= 0.6 is 0 Å². The summed E-state index contributed by atoms with van der Waals surface area (Å²) in [6.07, 6.45) is 2.64. The number of rotatable bonds is 5. The van der Waals surface area contributed by atoms with Crippen LogP contribution in [0.2, 0.25) is 0 Å². The van der Waals surface area contributed by atoms with Crippen molar-refractivity contribution in [3.05, 3.63) is 66.2 Å². The maximum atomic E-state index is 12.1. The highest BCUT2D eigenvalue weighted by Crippen LogP contribution is 2.22. The molecule has 2 aromatic carbocycles. The summed E-state index contributed by atoms with van der Waals surface area (Å²) in [6, 6.07) is 15.9. The summed E-state index contributed by atoms with van der Waals surface area (Å²) in [5.41, 5.74) is 2.41. The van der Waals surface area contributed by atoms with Gasteiger partial charge in [0.15, 0.2) is 0 Å². The van der Waals surface area contributed by atoms with Crippen molar-refractivity contribution in [1.82, 2.24) is 0 Å². The van der Waals surface area contributed by atoms with Gasteiger partial charge in [-0.3, -0.25) is 4.79 Å². The Balaban J connectivity index is 2.07. The first-order chi connectivity index (χ1) is 11.6. The normalized spacial score (nSPS) is 10.8. The van der Waals surface area contributed by atoms with Gasteiger partial charge in [-0.1, -0.05) is 43.3 Å². The van der Waals surface area contributed by atoms with Gasteiger partial charge in [-0.25, -0.2) is 4.79 Å². The minimum atomic E-state index is -0.372. The number of allylic oxidation sites excluding steroid dienone is 1. The van der Waals surface area contributed by atoms with Crippen LogP contribution in [-0.2, 0) is 4.79 Å². The Morgan fingerprint density at radius 3 is 2.08 bits per heavy atom. The molecule has 0 aromatic heterocycles. The van der Waals surface area contributed by atoms with E-state index in [4.69, 9.17) is 0 Å². The lowest BCUT2D eigenvalue weighted by molar-refractivity contribution is -0.112. The Kier molecular flexibility index (Phi) is 6.14. The quantitative estimate of drug-likeness (QED) is 0.702. The molecule has 0 radical (unpaired) electrons. The summed E-state index contributed by atoms with van der Waals surface area (Å²) in [5.74, 6) is -0.186. The molecular weight excluding hydrogens is 302 g/mol. The molecular formula is C19H21N3O2. The lowest BCUT2D eigenvalue weighted by atomic mass is 10.2. The first-order valence-electron chi connectivity index (χ1n) is 7.80. The number of carbonyl (C=O) groups excluding carboxylic acids is 2. The second-order valence-corrected chi connectivity index (χ2v) is 5.24. The zero-order valence-electron chi connectivity index (χ0n) is 13.8. The summed E-state index contributed by atoms with van der Waals surface area (Å²) in [5, 5.41) is 8.31. The lowest BCUT2D eigenvalue weighted by Crippen LogP contribution is -2.21. The number of benzene rings is 2. The van der Waals surface area contributed by atoms with Crippen molar-refractivity contribution in [2.24, 2.45) is 0 Å². The van der Waals surface area contributed by atoms with Crippen molar-refractivity contribution < 1.29 is 9.59 Å². The highest BCUT2D eigenvalue weighted by Gasteiger charge is 2.10. The Morgan fingerprint density at radius 2 is 1.46 bits per heavy atom. The molecule has 24 heavy (non-hydrogen) atoms. The predicted molar refractivity (Wildman–Crippen MR) is 98.2 cm³/mol. The van der Waals surface area contributed by atoms with E-state index in [2.05, 4.69) is 16.0 Å². The van der Waals surface area contributed by atoms with Crippen LogP contribution in [0.3, 0.4) is 0 Å². The smallest absolute Gasteiger partial charge is 0.320 e. The first-order valence-corrected chi connectivity index (χ1v) is 7.80. The third-order valence-electron chi connectivity index (χ3n) is 3.32. The Morgan fingerprint density at radius 1 is 0.875 bits per heavy atom. The fourth-order valence-corrected chi connectivity index (χ4v) is 2.13. The van der Waals surface area contributed by atoms with E-state index < -0.39 is 0 Å². The van der Waals surface area contributed by atoms with Crippen LogP contribution in [0.25, 0.3) is 0 Å². The SMILES string of the molecule is CC/C=C(\C)C(=O)Nc1ccccc1NC(=O)Nc1ccccc1. The highest BCUT2D eigenvalue weighted by molar-refractivity contribution is 6.07. The van der Waals surface area contributed by atoms with E-state index in [0.29, 0.717) is 22.6 Å². The number of nitrogens with one attached hydrogen (secondary N) is 3. The number of para-hydroxylation sites is 3. The van der Waals surface area contributed by atoms with E-state index >= 15 is 0 Å². The molecule has 3 N–H and O–H groups in total. The van der Waals surface area contributed by atoms with Crippen molar-refractivity contribution in [1.29, 1.82) is 0 Å². The van der Waals surface area contributed by atoms with E-state index in [1.165, 1.54) is 0 Å². The molecule has 0 saturated heterocycles. The van der Waals surface area contributed by atoms with Crippen molar-refractivity contribution in [2.45, 2.75) is 20.3 Å². The first kappa shape index (κ1) is 17.3. The van der Waals surface area contributed by atoms with Crippen LogP contribution in [0.15, 0.2) is 66.2 Å². The monoisotopic (exact) mass is 323 g/mol. The van der Waals surface area contributed by atoms with E-state index in [1.54, 1.807) is 43.3 Å². The second-order valence-electron chi connectivity index (χ2n) is 5.24. The van der Waals surface area contributed by atoms with Crippen LogP contribution in [0.5, 0.6) is 0 Å². The van der Waals surface area contributed by atoms with Gasteiger partial charge in [0.25, 0.3) is 5.91 Å². The molecule has 5 heteroatoms. The van der Waals surface area contributed by atoms with Crippen LogP contribution in [0, 0.1) is 0 Å². The predicted octanol–water partition coefficient (Wildman–Crippen LogP) is 4.63. The molecule has 0 spiro atoms. The molecule has 0 unspecified atom stereocenters. The van der Waals surface area contributed by atoms with Gasteiger partial charge >= 0.3 is 6.03 Å². The van der Waals surface area contributed by atoms with Crippen LogP contribution in [0.4, 0.5) is 21.9 Å². The van der Waals surface area contributed by atoms with Gasteiger partial charge in [0.1, 0.15) is 0 Å².